The van der Waals surface area contributed by atoms with Gasteiger partial charge in [0.25, 0.3) is 0 Å². The second-order valence-electron chi connectivity index (χ2n) is 5.45. The Bertz CT molecular complexity index is 648. The topological polar surface area (TPSA) is 58.4 Å². The number of nitrogens with zero attached hydrogens (tertiary/aromatic N) is 3. The molecule has 0 atom stereocenters. The highest BCUT2D eigenvalue weighted by molar-refractivity contribution is 5.85. The quantitative estimate of drug-likeness (QED) is 0.924. The Balaban J connectivity index is 2.00. The number of rotatable bonds is 4. The van der Waals surface area contributed by atoms with Crippen LogP contribution in [-0.2, 0) is 24.3 Å². The second kappa shape index (κ2) is 5.25. The number of hydrogen-bond acceptors (Lipinski definition) is 3. The average molecular weight is 273 g/mol. The van der Waals surface area contributed by atoms with Crippen molar-refractivity contribution < 1.29 is 9.90 Å². The summed E-state index contributed by atoms with van der Waals surface area (Å²) >= 11 is 0. The lowest BCUT2D eigenvalue weighted by atomic mass is 10.1. The summed E-state index contributed by atoms with van der Waals surface area (Å²) in [6.07, 6.45) is 5.66. The Labute approximate surface area is 117 Å². The van der Waals surface area contributed by atoms with Crippen molar-refractivity contribution in [3.63, 3.8) is 0 Å². The fourth-order valence-electron chi connectivity index (χ4n) is 3.07. The van der Waals surface area contributed by atoms with Crippen LogP contribution in [0.1, 0.15) is 24.1 Å². The third-order valence-corrected chi connectivity index (χ3v) is 4.02. The van der Waals surface area contributed by atoms with E-state index in [9.17, 15) is 4.79 Å². The molecule has 0 aliphatic carbocycles. The molecule has 0 unspecified atom stereocenters. The largest absolute Gasteiger partial charge is 0.481 e. The van der Waals surface area contributed by atoms with Gasteiger partial charge in [-0.2, -0.15) is 0 Å². The minimum absolute atomic E-state index is 0.222. The molecule has 0 saturated heterocycles. The Morgan fingerprint density at radius 2 is 2.35 bits per heavy atom. The Morgan fingerprint density at radius 3 is 3.15 bits per heavy atom. The van der Waals surface area contributed by atoms with E-state index in [1.54, 1.807) is 0 Å². The van der Waals surface area contributed by atoms with Crippen molar-refractivity contribution in [2.75, 3.05) is 13.6 Å². The fraction of sp³-hybridized carbons (Fsp3) is 0.467. The van der Waals surface area contributed by atoms with Gasteiger partial charge in [0.15, 0.2) is 0 Å². The predicted octanol–water partition coefficient (Wildman–Crippen LogP) is 1.89. The van der Waals surface area contributed by atoms with Gasteiger partial charge in [-0.3, -0.25) is 9.78 Å². The van der Waals surface area contributed by atoms with Gasteiger partial charge in [-0.25, -0.2) is 0 Å². The van der Waals surface area contributed by atoms with Gasteiger partial charge in [0.2, 0.25) is 0 Å². The maximum atomic E-state index is 10.7. The van der Waals surface area contributed by atoms with Crippen LogP contribution in [0.3, 0.4) is 0 Å². The first-order valence-corrected chi connectivity index (χ1v) is 7.01. The number of aryl methyl sites for hydroxylation is 1. The van der Waals surface area contributed by atoms with Gasteiger partial charge in [0, 0.05) is 55.9 Å². The Hall–Kier alpha value is -1.88. The molecule has 0 aromatic carbocycles. The normalized spacial score (nSPS) is 15.4. The first kappa shape index (κ1) is 13.1. The highest BCUT2D eigenvalue weighted by atomic mass is 16.4. The molecule has 1 N–H and O–H groups in total. The fourth-order valence-corrected chi connectivity index (χ4v) is 3.07. The van der Waals surface area contributed by atoms with E-state index >= 15 is 0 Å². The number of aliphatic carboxylic acids is 1. The molecule has 106 valence electrons. The number of fused-ring (bicyclic) bond motifs is 3. The van der Waals surface area contributed by atoms with Gasteiger partial charge in [0.1, 0.15) is 0 Å². The molecule has 1 aliphatic heterocycles. The number of carboxylic acids is 1. The van der Waals surface area contributed by atoms with E-state index in [4.69, 9.17) is 5.11 Å². The van der Waals surface area contributed by atoms with Gasteiger partial charge in [0.05, 0.1) is 5.52 Å². The van der Waals surface area contributed by atoms with Gasteiger partial charge in [-0.1, -0.05) is 0 Å². The maximum Gasteiger partial charge on any atom is 0.303 e. The average Bonchev–Trinajstić information content (AvgIpc) is 2.73. The summed E-state index contributed by atoms with van der Waals surface area (Å²) in [5, 5.41) is 10.0. The van der Waals surface area contributed by atoms with E-state index < -0.39 is 5.97 Å². The molecule has 3 rings (SSSR count). The van der Waals surface area contributed by atoms with E-state index in [0.717, 1.165) is 26.1 Å². The van der Waals surface area contributed by atoms with Crippen LogP contribution < -0.4 is 0 Å². The van der Waals surface area contributed by atoms with Crippen molar-refractivity contribution >= 4 is 16.9 Å². The molecular formula is C15H19N3O2. The van der Waals surface area contributed by atoms with Crippen LogP contribution in [0.25, 0.3) is 10.9 Å². The first-order chi connectivity index (χ1) is 9.66. The van der Waals surface area contributed by atoms with E-state index in [1.165, 1.54) is 22.2 Å². The highest BCUT2D eigenvalue weighted by Gasteiger charge is 2.22. The van der Waals surface area contributed by atoms with Crippen molar-refractivity contribution in [3.05, 3.63) is 29.7 Å². The van der Waals surface area contributed by atoms with E-state index in [0.29, 0.717) is 6.42 Å². The number of pyridine rings is 1. The molecule has 3 heterocycles. The monoisotopic (exact) mass is 273 g/mol. The van der Waals surface area contributed by atoms with Crippen molar-refractivity contribution in [2.45, 2.75) is 32.4 Å². The number of aromatic nitrogens is 2. The third-order valence-electron chi connectivity index (χ3n) is 4.02. The van der Waals surface area contributed by atoms with E-state index in [1.807, 2.05) is 18.5 Å². The van der Waals surface area contributed by atoms with Crippen molar-refractivity contribution in [2.24, 2.45) is 0 Å². The summed E-state index contributed by atoms with van der Waals surface area (Å²) in [6.45, 7) is 2.77. The second-order valence-corrected chi connectivity index (χ2v) is 5.45. The summed E-state index contributed by atoms with van der Waals surface area (Å²) < 4.78 is 2.29. The molecule has 5 heteroatoms. The summed E-state index contributed by atoms with van der Waals surface area (Å²) in [5.74, 6) is -0.725. The number of carboxylic acid groups (broad SMARTS) is 1. The number of carbonyl (C=O) groups is 1. The van der Waals surface area contributed by atoms with Crippen molar-refractivity contribution in [3.8, 4) is 0 Å². The SMILES string of the molecule is CN1CCc2c(c3cnccc3n2CCCC(=O)O)C1. The molecule has 0 amide bonds. The third kappa shape index (κ3) is 2.29. The van der Waals surface area contributed by atoms with Crippen LogP contribution in [0.4, 0.5) is 0 Å². The lowest BCUT2D eigenvalue weighted by Crippen LogP contribution is -2.27. The standard InChI is InChI=1S/C15H19N3O2/c1-17-8-5-14-12(10-17)11-9-16-6-4-13(11)18(14)7-2-3-15(19)20/h4,6,9H,2-3,5,7-8,10H2,1H3,(H,19,20). The highest BCUT2D eigenvalue weighted by Crippen LogP contribution is 2.30. The zero-order valence-corrected chi connectivity index (χ0v) is 11.7. The summed E-state index contributed by atoms with van der Waals surface area (Å²) in [6, 6.07) is 2.04. The molecule has 0 fully saturated rings. The summed E-state index contributed by atoms with van der Waals surface area (Å²) in [4.78, 5) is 17.3. The molecule has 20 heavy (non-hydrogen) atoms. The molecular weight excluding hydrogens is 254 g/mol. The molecule has 0 saturated carbocycles. The van der Waals surface area contributed by atoms with Crippen LogP contribution in [0.15, 0.2) is 18.5 Å². The molecule has 1 aliphatic rings. The maximum absolute atomic E-state index is 10.7. The van der Waals surface area contributed by atoms with Gasteiger partial charge >= 0.3 is 5.97 Å². The summed E-state index contributed by atoms with van der Waals surface area (Å²) in [5.41, 5.74) is 3.90. The summed E-state index contributed by atoms with van der Waals surface area (Å²) in [7, 11) is 2.13. The molecule has 2 aromatic heterocycles. The molecule has 0 radical (unpaired) electrons. The van der Waals surface area contributed by atoms with Gasteiger partial charge in [-0.05, 0) is 25.1 Å². The first-order valence-electron chi connectivity index (χ1n) is 7.01. The van der Waals surface area contributed by atoms with E-state index in [-0.39, 0.29) is 6.42 Å². The molecule has 2 aromatic rings. The lowest BCUT2D eigenvalue weighted by molar-refractivity contribution is -0.137. The molecule has 0 bridgehead atoms. The van der Waals surface area contributed by atoms with Crippen LogP contribution in [0, 0.1) is 0 Å². The minimum atomic E-state index is -0.725. The zero-order chi connectivity index (χ0) is 14.1. The van der Waals surface area contributed by atoms with Crippen molar-refractivity contribution in [1.82, 2.24) is 14.5 Å². The zero-order valence-electron chi connectivity index (χ0n) is 11.7. The smallest absolute Gasteiger partial charge is 0.303 e. The van der Waals surface area contributed by atoms with Gasteiger partial charge in [-0.15, -0.1) is 0 Å². The van der Waals surface area contributed by atoms with Crippen LogP contribution in [-0.4, -0.2) is 39.1 Å². The minimum Gasteiger partial charge on any atom is -0.481 e. The lowest BCUT2D eigenvalue weighted by Gasteiger charge is -2.24. The van der Waals surface area contributed by atoms with Gasteiger partial charge < -0.3 is 14.6 Å². The molecule has 5 nitrogen and oxygen atoms in total. The van der Waals surface area contributed by atoms with E-state index in [2.05, 4.69) is 21.5 Å². The number of hydrogen-bond donors (Lipinski definition) is 1. The predicted molar refractivity (Wildman–Crippen MR) is 76.6 cm³/mol. The van der Waals surface area contributed by atoms with Crippen LogP contribution in [0.2, 0.25) is 0 Å². The van der Waals surface area contributed by atoms with Crippen molar-refractivity contribution in [1.29, 1.82) is 0 Å². The molecule has 0 spiro atoms. The number of likely N-dealkylation sites (N-methyl/N-ethyl adjacent to an activating group) is 1. The van der Waals surface area contributed by atoms with Crippen LogP contribution in [0.5, 0.6) is 0 Å². The Kier molecular flexibility index (Phi) is 3.44. The van der Waals surface area contributed by atoms with Crippen LogP contribution >= 0.6 is 0 Å². The Morgan fingerprint density at radius 1 is 1.50 bits per heavy atom.